The Morgan fingerprint density at radius 2 is 1.71 bits per heavy atom. The van der Waals surface area contributed by atoms with Crippen molar-refractivity contribution in [2.24, 2.45) is 4.99 Å². The maximum atomic E-state index is 14.8. The first-order valence-corrected chi connectivity index (χ1v) is 14.1. The van der Waals surface area contributed by atoms with Crippen molar-refractivity contribution in [1.82, 2.24) is 10.6 Å². The lowest BCUT2D eigenvalue weighted by molar-refractivity contribution is -0.180. The SMILES string of the molecule is CC1=NC(c2ccc(Cl)cc2)=CC(c2ccc(NC(=O)c3cccc(I)c3C(=O)NC(C)C)c(C)c2)(C(F)(F)F)N1. The van der Waals surface area contributed by atoms with Crippen LogP contribution in [0.1, 0.15) is 58.2 Å². The fourth-order valence-electron chi connectivity index (χ4n) is 4.53. The van der Waals surface area contributed by atoms with E-state index < -0.39 is 23.5 Å². The number of hydrogen-bond donors (Lipinski definition) is 3. The van der Waals surface area contributed by atoms with Crippen LogP contribution in [-0.2, 0) is 5.54 Å². The van der Waals surface area contributed by atoms with E-state index in [4.69, 9.17) is 11.6 Å². The molecule has 0 aromatic heterocycles. The summed E-state index contributed by atoms with van der Waals surface area (Å²) in [7, 11) is 0. The van der Waals surface area contributed by atoms with Gasteiger partial charge in [-0.1, -0.05) is 41.9 Å². The van der Waals surface area contributed by atoms with Crippen LogP contribution in [0.25, 0.3) is 5.70 Å². The molecule has 6 nitrogen and oxygen atoms in total. The van der Waals surface area contributed by atoms with Crippen molar-refractivity contribution < 1.29 is 22.8 Å². The van der Waals surface area contributed by atoms with Crippen molar-refractivity contribution in [3.8, 4) is 0 Å². The van der Waals surface area contributed by atoms with Crippen LogP contribution in [0.3, 0.4) is 0 Å². The summed E-state index contributed by atoms with van der Waals surface area (Å²) in [5.41, 5.74) is -0.913. The fraction of sp³-hybridized carbons (Fsp3) is 0.233. The van der Waals surface area contributed by atoms with Crippen LogP contribution in [0.15, 0.2) is 71.7 Å². The molecule has 2 amide bonds. The number of aryl methyl sites for hydroxylation is 1. The predicted octanol–water partition coefficient (Wildman–Crippen LogP) is 7.46. The van der Waals surface area contributed by atoms with Gasteiger partial charge in [0.15, 0.2) is 5.54 Å². The molecule has 1 atom stereocenters. The number of alkyl halides is 3. The summed E-state index contributed by atoms with van der Waals surface area (Å²) < 4.78 is 45.1. The van der Waals surface area contributed by atoms with Gasteiger partial charge in [-0.25, -0.2) is 4.99 Å². The highest BCUT2D eigenvalue weighted by Gasteiger charge is 2.56. The average molecular weight is 695 g/mol. The van der Waals surface area contributed by atoms with Crippen molar-refractivity contribution in [2.75, 3.05) is 5.32 Å². The van der Waals surface area contributed by atoms with E-state index in [9.17, 15) is 22.8 Å². The van der Waals surface area contributed by atoms with Crippen LogP contribution in [-0.4, -0.2) is 29.9 Å². The number of carbonyl (C=O) groups is 2. The summed E-state index contributed by atoms with van der Waals surface area (Å²) >= 11 is 7.95. The van der Waals surface area contributed by atoms with E-state index in [2.05, 4.69) is 20.9 Å². The lowest BCUT2D eigenvalue weighted by atomic mass is 9.84. The zero-order valence-corrected chi connectivity index (χ0v) is 25.5. The van der Waals surface area contributed by atoms with E-state index in [0.29, 0.717) is 25.4 Å². The molecule has 0 radical (unpaired) electrons. The third-order valence-electron chi connectivity index (χ3n) is 6.44. The lowest BCUT2D eigenvalue weighted by Crippen LogP contribution is -2.55. The average Bonchev–Trinajstić information content (AvgIpc) is 2.88. The van der Waals surface area contributed by atoms with Gasteiger partial charge in [0.1, 0.15) is 5.84 Å². The molecular formula is C30H27ClF3IN4O2. The van der Waals surface area contributed by atoms with Gasteiger partial charge in [0, 0.05) is 25.9 Å². The van der Waals surface area contributed by atoms with Crippen molar-refractivity contribution in [3.63, 3.8) is 0 Å². The largest absolute Gasteiger partial charge is 0.419 e. The lowest BCUT2D eigenvalue weighted by Gasteiger charge is -2.38. The third-order valence-corrected chi connectivity index (χ3v) is 7.59. The van der Waals surface area contributed by atoms with Gasteiger partial charge in [0.2, 0.25) is 0 Å². The number of nitrogens with zero attached hydrogens (tertiary/aromatic N) is 1. The van der Waals surface area contributed by atoms with Gasteiger partial charge in [0.25, 0.3) is 11.8 Å². The molecule has 3 N–H and O–H groups in total. The van der Waals surface area contributed by atoms with Gasteiger partial charge in [0.05, 0.1) is 16.8 Å². The second-order valence-electron chi connectivity index (χ2n) is 9.94. The molecule has 41 heavy (non-hydrogen) atoms. The molecule has 3 aromatic rings. The quantitative estimate of drug-likeness (QED) is 0.234. The number of halogens is 5. The second kappa shape index (κ2) is 11.8. The number of anilines is 1. The minimum atomic E-state index is -4.74. The Morgan fingerprint density at radius 1 is 1.02 bits per heavy atom. The highest BCUT2D eigenvalue weighted by molar-refractivity contribution is 14.1. The van der Waals surface area contributed by atoms with Gasteiger partial charge in [-0.3, -0.25) is 9.59 Å². The van der Waals surface area contributed by atoms with Crippen molar-refractivity contribution in [3.05, 3.63) is 103 Å². The molecule has 11 heteroatoms. The molecule has 1 aliphatic heterocycles. The topological polar surface area (TPSA) is 82.6 Å². The molecule has 214 valence electrons. The van der Waals surface area contributed by atoms with Crippen LogP contribution >= 0.6 is 34.2 Å². The van der Waals surface area contributed by atoms with E-state index in [1.165, 1.54) is 31.2 Å². The number of carbonyl (C=O) groups excluding carboxylic acids is 2. The number of rotatable bonds is 6. The Labute approximate surface area is 254 Å². The Kier molecular flexibility index (Phi) is 8.84. The highest BCUT2D eigenvalue weighted by atomic mass is 127. The van der Waals surface area contributed by atoms with Crippen LogP contribution in [0, 0.1) is 10.5 Å². The van der Waals surface area contributed by atoms with E-state index in [-0.39, 0.29) is 34.3 Å². The molecule has 4 rings (SSSR count). The van der Waals surface area contributed by atoms with Gasteiger partial charge in [-0.2, -0.15) is 13.2 Å². The summed E-state index contributed by atoms with van der Waals surface area (Å²) in [5.74, 6) is -0.851. The first-order chi connectivity index (χ1) is 19.2. The van der Waals surface area contributed by atoms with Gasteiger partial charge in [-0.15, -0.1) is 0 Å². The van der Waals surface area contributed by atoms with Crippen LogP contribution in [0.2, 0.25) is 5.02 Å². The van der Waals surface area contributed by atoms with Gasteiger partial charge in [-0.05, 0) is 97.8 Å². The van der Waals surface area contributed by atoms with E-state index in [1.54, 1.807) is 43.3 Å². The van der Waals surface area contributed by atoms with Crippen LogP contribution < -0.4 is 16.0 Å². The Balaban J connectivity index is 1.71. The van der Waals surface area contributed by atoms with Crippen molar-refractivity contribution in [2.45, 2.75) is 45.5 Å². The Morgan fingerprint density at radius 3 is 2.32 bits per heavy atom. The maximum Gasteiger partial charge on any atom is 0.419 e. The minimum absolute atomic E-state index is 0.0764. The second-order valence-corrected chi connectivity index (χ2v) is 11.5. The van der Waals surface area contributed by atoms with Crippen LogP contribution in [0.4, 0.5) is 18.9 Å². The summed E-state index contributed by atoms with van der Waals surface area (Å²) in [5, 5.41) is 8.55. The maximum absolute atomic E-state index is 14.8. The minimum Gasteiger partial charge on any atom is -0.353 e. The molecule has 0 saturated heterocycles. The molecule has 3 aromatic carbocycles. The molecule has 0 aliphatic carbocycles. The number of amidine groups is 1. The molecular weight excluding hydrogens is 668 g/mol. The highest BCUT2D eigenvalue weighted by Crippen LogP contribution is 2.44. The summed E-state index contributed by atoms with van der Waals surface area (Å²) in [4.78, 5) is 30.4. The molecule has 1 aliphatic rings. The Hall–Kier alpha value is -3.38. The standard InChI is InChI=1S/C30H27ClF3IN4O2/c1-16(2)36-28(41)26-22(6-5-7-23(26)35)27(40)38-24-13-10-20(14-17(24)3)29(30(32,33)34)15-25(37-18(4)39-29)19-8-11-21(31)12-9-19/h5-16H,1-4H3,(H,36,41)(H,37,39)(H,38,40). The number of hydrogen-bond acceptors (Lipinski definition) is 4. The zero-order valence-electron chi connectivity index (χ0n) is 22.6. The van der Waals surface area contributed by atoms with E-state index >= 15 is 0 Å². The van der Waals surface area contributed by atoms with Crippen molar-refractivity contribution >= 4 is 63.2 Å². The normalized spacial score (nSPS) is 16.9. The van der Waals surface area contributed by atoms with Gasteiger partial charge < -0.3 is 16.0 Å². The fourth-order valence-corrected chi connectivity index (χ4v) is 5.39. The number of benzene rings is 3. The summed E-state index contributed by atoms with van der Waals surface area (Å²) in [6, 6.07) is 15.3. The van der Waals surface area contributed by atoms with Crippen LogP contribution in [0.5, 0.6) is 0 Å². The predicted molar refractivity (Wildman–Crippen MR) is 164 cm³/mol. The molecule has 1 unspecified atom stereocenters. The van der Waals surface area contributed by atoms with E-state index in [0.717, 1.165) is 6.08 Å². The third kappa shape index (κ3) is 6.43. The number of nitrogens with one attached hydrogen (secondary N) is 3. The molecule has 1 heterocycles. The summed E-state index contributed by atoms with van der Waals surface area (Å²) in [6.07, 6.45) is -3.68. The first kappa shape index (κ1) is 30.6. The summed E-state index contributed by atoms with van der Waals surface area (Å²) in [6.45, 7) is 6.71. The van der Waals surface area contributed by atoms with E-state index in [1.807, 2.05) is 36.4 Å². The number of aliphatic imine (C=N–C) groups is 1. The molecule has 0 fully saturated rings. The molecule has 0 spiro atoms. The van der Waals surface area contributed by atoms with Gasteiger partial charge >= 0.3 is 6.18 Å². The smallest absolute Gasteiger partial charge is 0.353 e. The Bertz CT molecular complexity index is 1570. The molecule has 0 saturated carbocycles. The number of amides is 2. The van der Waals surface area contributed by atoms with Crippen molar-refractivity contribution in [1.29, 1.82) is 0 Å². The zero-order chi connectivity index (χ0) is 30.1. The first-order valence-electron chi connectivity index (χ1n) is 12.6. The molecule has 0 bridgehead atoms. The monoisotopic (exact) mass is 694 g/mol.